The van der Waals surface area contributed by atoms with E-state index in [0.717, 1.165) is 6.42 Å². The van der Waals surface area contributed by atoms with E-state index >= 15 is 0 Å². The summed E-state index contributed by atoms with van der Waals surface area (Å²) in [5.74, 6) is -0.217. The molecule has 1 N–H and O–H groups in total. The number of hydrogen-bond acceptors (Lipinski definition) is 4. The zero-order valence-electron chi connectivity index (χ0n) is 14.1. The highest BCUT2D eigenvalue weighted by atomic mass is 16.3. The highest BCUT2D eigenvalue weighted by molar-refractivity contribution is 6.11. The van der Waals surface area contributed by atoms with E-state index in [9.17, 15) is 14.7 Å². The fourth-order valence-electron chi connectivity index (χ4n) is 3.43. The van der Waals surface area contributed by atoms with Crippen molar-refractivity contribution in [2.45, 2.75) is 39.2 Å². The smallest absolute Gasteiger partial charge is 0.264 e. The molecule has 5 heteroatoms. The van der Waals surface area contributed by atoms with E-state index in [1.165, 1.54) is 6.26 Å². The summed E-state index contributed by atoms with van der Waals surface area (Å²) < 4.78 is 5.27. The fourth-order valence-corrected chi connectivity index (χ4v) is 3.43. The standard InChI is InChI=1S/C19H21NO4/c1-4-9-20-15-8-6-5-7-14(15)19(23,18(20)22)10-16(21)17-12(2)11-24-13(17)3/h5-8,11,23H,4,9-10H2,1-3H3/t19-/m1/s1. The van der Waals surface area contributed by atoms with Gasteiger partial charge in [-0.3, -0.25) is 9.59 Å². The van der Waals surface area contributed by atoms with Crippen molar-refractivity contribution in [2.75, 3.05) is 11.4 Å². The summed E-state index contributed by atoms with van der Waals surface area (Å²) in [6.45, 7) is 5.96. The molecule has 24 heavy (non-hydrogen) atoms. The molecule has 2 aromatic rings. The van der Waals surface area contributed by atoms with Crippen LogP contribution in [0.3, 0.4) is 0 Å². The minimum Gasteiger partial charge on any atom is -0.469 e. The number of nitrogens with zero attached hydrogens (tertiary/aromatic N) is 1. The molecule has 2 heterocycles. The van der Waals surface area contributed by atoms with Crippen LogP contribution in [0.2, 0.25) is 0 Å². The lowest BCUT2D eigenvalue weighted by Crippen LogP contribution is -2.42. The van der Waals surface area contributed by atoms with Crippen LogP contribution >= 0.6 is 0 Å². The molecule has 0 spiro atoms. The Bertz CT molecular complexity index is 788. The number of rotatable bonds is 5. The Balaban J connectivity index is 2.00. The van der Waals surface area contributed by atoms with Gasteiger partial charge in [-0.25, -0.2) is 0 Å². The predicted octanol–water partition coefficient (Wildman–Crippen LogP) is 3.11. The van der Waals surface area contributed by atoms with Gasteiger partial charge < -0.3 is 14.4 Å². The van der Waals surface area contributed by atoms with E-state index in [1.807, 2.05) is 13.0 Å². The number of aryl methyl sites for hydroxylation is 2. The minimum atomic E-state index is -1.82. The predicted molar refractivity (Wildman–Crippen MR) is 90.1 cm³/mol. The third-order valence-corrected chi connectivity index (χ3v) is 4.54. The summed E-state index contributed by atoms with van der Waals surface area (Å²) in [5.41, 5.74) is 0.516. The summed E-state index contributed by atoms with van der Waals surface area (Å²) in [5, 5.41) is 11.1. The van der Waals surface area contributed by atoms with E-state index in [-0.39, 0.29) is 12.2 Å². The summed E-state index contributed by atoms with van der Waals surface area (Å²) in [4.78, 5) is 27.2. The van der Waals surface area contributed by atoms with Gasteiger partial charge >= 0.3 is 0 Å². The molecule has 1 aliphatic heterocycles. The third-order valence-electron chi connectivity index (χ3n) is 4.54. The van der Waals surface area contributed by atoms with Crippen LogP contribution in [0.15, 0.2) is 34.9 Å². The second-order valence-corrected chi connectivity index (χ2v) is 6.28. The number of anilines is 1. The summed E-state index contributed by atoms with van der Waals surface area (Å²) in [6.07, 6.45) is 1.99. The number of carbonyl (C=O) groups is 2. The Morgan fingerprint density at radius 2 is 2.00 bits per heavy atom. The first kappa shape index (κ1) is 16.5. The highest BCUT2D eigenvalue weighted by Crippen LogP contribution is 2.43. The van der Waals surface area contributed by atoms with Crippen LogP contribution in [0, 0.1) is 13.8 Å². The number of ketones is 1. The van der Waals surface area contributed by atoms with Crippen molar-refractivity contribution in [1.29, 1.82) is 0 Å². The van der Waals surface area contributed by atoms with Crippen LogP contribution in [-0.4, -0.2) is 23.3 Å². The lowest BCUT2D eigenvalue weighted by Gasteiger charge is -2.22. The highest BCUT2D eigenvalue weighted by Gasteiger charge is 2.50. The maximum Gasteiger partial charge on any atom is 0.264 e. The summed E-state index contributed by atoms with van der Waals surface area (Å²) >= 11 is 0. The fraction of sp³-hybridized carbons (Fsp3) is 0.368. The molecule has 1 aromatic carbocycles. The largest absolute Gasteiger partial charge is 0.469 e. The Labute approximate surface area is 140 Å². The molecule has 3 rings (SSSR count). The van der Waals surface area contributed by atoms with Gasteiger partial charge in [0.2, 0.25) is 0 Å². The first-order chi connectivity index (χ1) is 11.4. The Morgan fingerprint density at radius 1 is 1.29 bits per heavy atom. The molecule has 0 bridgehead atoms. The second kappa shape index (κ2) is 5.91. The molecule has 0 saturated heterocycles. The number of furan rings is 1. The zero-order valence-corrected chi connectivity index (χ0v) is 14.1. The average Bonchev–Trinajstić information content (AvgIpc) is 2.99. The number of amides is 1. The molecule has 1 aliphatic rings. The third kappa shape index (κ3) is 2.36. The normalized spacial score (nSPS) is 19.7. The molecule has 126 valence electrons. The van der Waals surface area contributed by atoms with Gasteiger partial charge in [0, 0.05) is 12.1 Å². The number of fused-ring (bicyclic) bond motifs is 1. The van der Waals surface area contributed by atoms with Crippen LogP contribution in [0.5, 0.6) is 0 Å². The van der Waals surface area contributed by atoms with Crippen molar-refractivity contribution in [3.8, 4) is 0 Å². The second-order valence-electron chi connectivity index (χ2n) is 6.28. The number of Topliss-reactive ketones (excluding diaryl/α,β-unsaturated/α-hetero) is 1. The Morgan fingerprint density at radius 3 is 2.62 bits per heavy atom. The maximum absolute atomic E-state index is 12.8. The molecule has 0 unspecified atom stereocenters. The molecular formula is C19H21NO4. The summed E-state index contributed by atoms with van der Waals surface area (Å²) in [6, 6.07) is 7.11. The summed E-state index contributed by atoms with van der Waals surface area (Å²) in [7, 11) is 0. The number of benzene rings is 1. The van der Waals surface area contributed by atoms with Gasteiger partial charge in [-0.15, -0.1) is 0 Å². The van der Waals surface area contributed by atoms with E-state index in [2.05, 4.69) is 0 Å². The Kier molecular flexibility index (Phi) is 4.05. The molecule has 5 nitrogen and oxygen atoms in total. The number of para-hydroxylation sites is 1. The topological polar surface area (TPSA) is 70.8 Å². The molecule has 0 radical (unpaired) electrons. The Hall–Kier alpha value is -2.40. The van der Waals surface area contributed by atoms with Gasteiger partial charge in [0.15, 0.2) is 11.4 Å². The van der Waals surface area contributed by atoms with Crippen molar-refractivity contribution in [1.82, 2.24) is 0 Å². The van der Waals surface area contributed by atoms with Gasteiger partial charge in [-0.05, 0) is 31.9 Å². The first-order valence-electron chi connectivity index (χ1n) is 8.12. The van der Waals surface area contributed by atoms with Crippen LogP contribution in [0.1, 0.15) is 47.0 Å². The van der Waals surface area contributed by atoms with Gasteiger partial charge in [0.05, 0.1) is 23.9 Å². The van der Waals surface area contributed by atoms with Crippen molar-refractivity contribution in [3.05, 3.63) is 53.0 Å². The number of aliphatic hydroxyl groups is 1. The minimum absolute atomic E-state index is 0.287. The molecule has 0 aliphatic carbocycles. The van der Waals surface area contributed by atoms with E-state index in [0.29, 0.717) is 34.7 Å². The quantitative estimate of drug-likeness (QED) is 0.857. The van der Waals surface area contributed by atoms with Gasteiger partial charge in [-0.1, -0.05) is 25.1 Å². The molecule has 0 fully saturated rings. The van der Waals surface area contributed by atoms with E-state index in [4.69, 9.17) is 4.42 Å². The van der Waals surface area contributed by atoms with E-state index < -0.39 is 11.5 Å². The van der Waals surface area contributed by atoms with Crippen LogP contribution in [0.25, 0.3) is 0 Å². The van der Waals surface area contributed by atoms with E-state index in [1.54, 1.807) is 36.9 Å². The molecular weight excluding hydrogens is 306 g/mol. The van der Waals surface area contributed by atoms with Crippen molar-refractivity contribution in [3.63, 3.8) is 0 Å². The lowest BCUT2D eigenvalue weighted by atomic mass is 9.87. The molecule has 1 aromatic heterocycles. The monoisotopic (exact) mass is 327 g/mol. The molecule has 0 saturated carbocycles. The SMILES string of the molecule is CCCN1C(=O)[C@@](O)(CC(=O)c2c(C)coc2C)c2ccccc21. The molecule has 1 amide bonds. The maximum atomic E-state index is 12.8. The van der Waals surface area contributed by atoms with Gasteiger partial charge in [0.1, 0.15) is 5.76 Å². The van der Waals surface area contributed by atoms with Crippen LogP contribution in [0.4, 0.5) is 5.69 Å². The zero-order chi connectivity index (χ0) is 17.5. The number of carbonyl (C=O) groups excluding carboxylic acids is 2. The van der Waals surface area contributed by atoms with Crippen LogP contribution < -0.4 is 4.90 Å². The van der Waals surface area contributed by atoms with Gasteiger partial charge in [0.25, 0.3) is 5.91 Å². The van der Waals surface area contributed by atoms with Gasteiger partial charge in [-0.2, -0.15) is 0 Å². The van der Waals surface area contributed by atoms with Crippen molar-refractivity contribution >= 4 is 17.4 Å². The molecule has 1 atom stereocenters. The first-order valence-corrected chi connectivity index (χ1v) is 8.12. The van der Waals surface area contributed by atoms with Crippen molar-refractivity contribution in [2.24, 2.45) is 0 Å². The average molecular weight is 327 g/mol. The van der Waals surface area contributed by atoms with Crippen LogP contribution in [-0.2, 0) is 10.4 Å². The van der Waals surface area contributed by atoms with Crippen molar-refractivity contribution < 1.29 is 19.1 Å². The lowest BCUT2D eigenvalue weighted by molar-refractivity contribution is -0.135. The number of hydrogen-bond donors (Lipinski definition) is 1.